The van der Waals surface area contributed by atoms with E-state index in [4.69, 9.17) is 4.52 Å². The second-order valence-electron chi connectivity index (χ2n) is 4.70. The van der Waals surface area contributed by atoms with E-state index in [-0.39, 0.29) is 0 Å². The van der Waals surface area contributed by atoms with Gasteiger partial charge in [0.25, 0.3) is 0 Å². The van der Waals surface area contributed by atoms with Gasteiger partial charge in [0.05, 0.1) is 11.2 Å². The summed E-state index contributed by atoms with van der Waals surface area (Å²) in [5.74, 6) is 1.75. The van der Waals surface area contributed by atoms with E-state index in [0.29, 0.717) is 11.7 Å². The number of imidazole rings is 1. The highest BCUT2D eigenvalue weighted by molar-refractivity contribution is 7.13. The number of rotatable bonds is 2. The molecule has 0 saturated heterocycles. The van der Waals surface area contributed by atoms with Crippen LogP contribution in [0.25, 0.3) is 10.7 Å². The minimum Gasteiger partial charge on any atom is -0.339 e. The van der Waals surface area contributed by atoms with Crippen molar-refractivity contribution in [3.63, 3.8) is 0 Å². The van der Waals surface area contributed by atoms with Crippen LogP contribution in [0.15, 0.2) is 34.6 Å². The molecule has 1 aliphatic heterocycles. The zero-order chi connectivity index (χ0) is 12.7. The van der Waals surface area contributed by atoms with Crippen molar-refractivity contribution in [1.82, 2.24) is 19.7 Å². The molecular weight excluding hydrogens is 260 g/mol. The highest BCUT2D eigenvalue weighted by Crippen LogP contribution is 2.30. The van der Waals surface area contributed by atoms with Crippen LogP contribution in [0.2, 0.25) is 0 Å². The van der Waals surface area contributed by atoms with E-state index in [1.165, 1.54) is 5.69 Å². The topological polar surface area (TPSA) is 56.7 Å². The number of hydrogen-bond acceptors (Lipinski definition) is 5. The second kappa shape index (κ2) is 4.31. The van der Waals surface area contributed by atoms with Crippen molar-refractivity contribution in [2.24, 2.45) is 0 Å². The van der Waals surface area contributed by atoms with Gasteiger partial charge in [-0.05, 0) is 17.9 Å². The summed E-state index contributed by atoms with van der Waals surface area (Å²) < 4.78 is 7.62. The van der Waals surface area contributed by atoms with Crippen LogP contribution in [0.4, 0.5) is 0 Å². The van der Waals surface area contributed by atoms with Crippen molar-refractivity contribution in [3.8, 4) is 10.7 Å². The highest BCUT2D eigenvalue weighted by atomic mass is 32.1. The Morgan fingerprint density at radius 3 is 3.32 bits per heavy atom. The molecule has 19 heavy (non-hydrogen) atoms. The Balaban J connectivity index is 1.61. The number of thiophene rings is 1. The fourth-order valence-corrected chi connectivity index (χ4v) is 3.14. The van der Waals surface area contributed by atoms with Gasteiger partial charge in [0.1, 0.15) is 0 Å². The minimum atomic E-state index is 0.311. The molecule has 96 valence electrons. The SMILES string of the molecule is c1csc(-c2noc(C3CCn4cncc4C3)n2)c1. The predicted octanol–water partition coefficient (Wildman–Crippen LogP) is 2.72. The predicted molar refractivity (Wildman–Crippen MR) is 70.9 cm³/mol. The fraction of sp³-hybridized carbons (Fsp3) is 0.308. The Morgan fingerprint density at radius 1 is 1.42 bits per heavy atom. The van der Waals surface area contributed by atoms with E-state index in [9.17, 15) is 0 Å². The van der Waals surface area contributed by atoms with Crippen molar-refractivity contribution >= 4 is 11.3 Å². The lowest BCUT2D eigenvalue weighted by molar-refractivity contribution is 0.325. The van der Waals surface area contributed by atoms with Crippen LogP contribution in [0.5, 0.6) is 0 Å². The molecule has 1 unspecified atom stereocenters. The van der Waals surface area contributed by atoms with Crippen LogP contribution in [-0.2, 0) is 13.0 Å². The molecule has 4 heterocycles. The molecule has 0 N–H and O–H groups in total. The Hall–Kier alpha value is -1.95. The lowest BCUT2D eigenvalue weighted by atomic mass is 9.96. The molecule has 0 radical (unpaired) electrons. The van der Waals surface area contributed by atoms with Crippen LogP contribution in [0.1, 0.15) is 23.9 Å². The van der Waals surface area contributed by atoms with Gasteiger partial charge in [0, 0.05) is 30.8 Å². The van der Waals surface area contributed by atoms with Crippen molar-refractivity contribution in [1.29, 1.82) is 0 Å². The molecule has 0 saturated carbocycles. The number of hydrogen-bond donors (Lipinski definition) is 0. The highest BCUT2D eigenvalue weighted by Gasteiger charge is 2.25. The zero-order valence-electron chi connectivity index (χ0n) is 10.2. The van der Waals surface area contributed by atoms with E-state index < -0.39 is 0 Å². The van der Waals surface area contributed by atoms with Crippen LogP contribution in [-0.4, -0.2) is 19.7 Å². The number of nitrogens with zero attached hydrogens (tertiary/aromatic N) is 4. The zero-order valence-corrected chi connectivity index (χ0v) is 11.0. The number of aromatic nitrogens is 4. The van der Waals surface area contributed by atoms with Gasteiger partial charge in [-0.1, -0.05) is 11.2 Å². The minimum absolute atomic E-state index is 0.311. The smallest absolute Gasteiger partial charge is 0.230 e. The van der Waals surface area contributed by atoms with E-state index in [0.717, 1.165) is 30.2 Å². The monoisotopic (exact) mass is 272 g/mol. The van der Waals surface area contributed by atoms with E-state index in [1.807, 2.05) is 30.0 Å². The molecule has 0 amide bonds. The fourth-order valence-electron chi connectivity index (χ4n) is 2.49. The first-order valence-corrected chi connectivity index (χ1v) is 7.14. The van der Waals surface area contributed by atoms with Crippen molar-refractivity contribution in [2.75, 3.05) is 0 Å². The maximum Gasteiger partial charge on any atom is 0.230 e. The van der Waals surface area contributed by atoms with Gasteiger partial charge in [-0.15, -0.1) is 11.3 Å². The lowest BCUT2D eigenvalue weighted by Crippen LogP contribution is -2.17. The van der Waals surface area contributed by atoms with Gasteiger partial charge in [0.15, 0.2) is 0 Å². The Kier molecular flexibility index (Phi) is 2.48. The maximum absolute atomic E-state index is 5.44. The van der Waals surface area contributed by atoms with Crippen LogP contribution in [0, 0.1) is 0 Å². The van der Waals surface area contributed by atoms with E-state index in [2.05, 4.69) is 19.7 Å². The summed E-state index contributed by atoms with van der Waals surface area (Å²) in [4.78, 5) is 9.76. The third kappa shape index (κ3) is 1.88. The third-order valence-corrected chi connectivity index (χ3v) is 4.37. The molecule has 6 heteroatoms. The van der Waals surface area contributed by atoms with Crippen molar-refractivity contribution in [3.05, 3.63) is 41.6 Å². The largest absolute Gasteiger partial charge is 0.339 e. The van der Waals surface area contributed by atoms with Crippen LogP contribution < -0.4 is 0 Å². The van der Waals surface area contributed by atoms with E-state index in [1.54, 1.807) is 11.3 Å². The summed E-state index contributed by atoms with van der Waals surface area (Å²) in [6.45, 7) is 0.969. The average Bonchev–Trinajstić information content (AvgIpc) is 3.18. The summed E-state index contributed by atoms with van der Waals surface area (Å²) in [5.41, 5.74) is 1.24. The molecule has 0 bridgehead atoms. The Labute approximate surface area is 113 Å². The number of fused-ring (bicyclic) bond motifs is 1. The summed E-state index contributed by atoms with van der Waals surface area (Å²) >= 11 is 1.63. The first-order chi connectivity index (χ1) is 9.40. The molecule has 4 rings (SSSR count). The molecule has 0 fully saturated rings. The molecule has 1 aliphatic rings. The molecule has 0 aliphatic carbocycles. The average molecular weight is 272 g/mol. The maximum atomic E-state index is 5.44. The summed E-state index contributed by atoms with van der Waals surface area (Å²) in [5, 5.41) is 6.10. The van der Waals surface area contributed by atoms with Gasteiger partial charge >= 0.3 is 0 Å². The Morgan fingerprint density at radius 2 is 2.42 bits per heavy atom. The molecule has 0 aromatic carbocycles. The second-order valence-corrected chi connectivity index (χ2v) is 5.65. The summed E-state index contributed by atoms with van der Waals surface area (Å²) in [7, 11) is 0. The molecule has 1 atom stereocenters. The van der Waals surface area contributed by atoms with Gasteiger partial charge in [-0.2, -0.15) is 4.98 Å². The normalized spacial score (nSPS) is 18.4. The number of aryl methyl sites for hydroxylation is 1. The van der Waals surface area contributed by atoms with E-state index >= 15 is 0 Å². The lowest BCUT2D eigenvalue weighted by Gasteiger charge is -2.20. The molecule has 0 spiro atoms. The van der Waals surface area contributed by atoms with Crippen LogP contribution >= 0.6 is 11.3 Å². The third-order valence-electron chi connectivity index (χ3n) is 3.51. The van der Waals surface area contributed by atoms with Gasteiger partial charge < -0.3 is 9.09 Å². The van der Waals surface area contributed by atoms with Crippen molar-refractivity contribution < 1.29 is 4.52 Å². The quantitative estimate of drug-likeness (QED) is 0.719. The van der Waals surface area contributed by atoms with Crippen LogP contribution in [0.3, 0.4) is 0 Å². The standard InChI is InChI=1S/C13H12N4OS/c1-2-11(19-5-1)12-15-13(18-16-12)9-3-4-17-8-14-7-10(17)6-9/h1-2,5,7-9H,3-4,6H2. The molecule has 5 nitrogen and oxygen atoms in total. The first kappa shape index (κ1) is 10.9. The van der Waals surface area contributed by atoms with Crippen molar-refractivity contribution in [2.45, 2.75) is 25.3 Å². The molecule has 3 aromatic rings. The van der Waals surface area contributed by atoms with Gasteiger partial charge in [0.2, 0.25) is 11.7 Å². The van der Waals surface area contributed by atoms with Gasteiger partial charge in [-0.25, -0.2) is 4.98 Å². The first-order valence-electron chi connectivity index (χ1n) is 6.26. The molecular formula is C13H12N4OS. The Bertz CT molecular complexity index is 685. The summed E-state index contributed by atoms with van der Waals surface area (Å²) in [6, 6.07) is 4.00. The summed E-state index contributed by atoms with van der Waals surface area (Å²) in [6.07, 6.45) is 5.75. The van der Waals surface area contributed by atoms with Gasteiger partial charge in [-0.3, -0.25) is 0 Å². The molecule has 3 aromatic heterocycles.